The van der Waals surface area contributed by atoms with E-state index < -0.39 is 0 Å². The van der Waals surface area contributed by atoms with Gasteiger partial charge in [0.1, 0.15) is 5.69 Å². The molecule has 0 radical (unpaired) electrons. The zero-order valence-corrected chi connectivity index (χ0v) is 20.5. The van der Waals surface area contributed by atoms with Crippen molar-refractivity contribution in [3.63, 3.8) is 0 Å². The second-order valence-corrected chi connectivity index (χ2v) is 9.31. The number of carbonyl (C=O) groups excluding carboxylic acids is 1. The van der Waals surface area contributed by atoms with E-state index in [0.29, 0.717) is 34.2 Å². The molecular formula is C25H29N5O2S. The number of aromatic nitrogens is 4. The van der Waals surface area contributed by atoms with Crippen LogP contribution in [0.25, 0.3) is 21.9 Å². The van der Waals surface area contributed by atoms with Gasteiger partial charge in [-0.15, -0.1) is 11.3 Å². The maximum atomic E-state index is 13.6. The van der Waals surface area contributed by atoms with Gasteiger partial charge in [0.05, 0.1) is 23.4 Å². The van der Waals surface area contributed by atoms with Crippen molar-refractivity contribution in [2.45, 2.75) is 53.9 Å². The van der Waals surface area contributed by atoms with Crippen LogP contribution in [0.4, 0.5) is 0 Å². The average Bonchev–Trinajstić information content (AvgIpc) is 3.31. The van der Waals surface area contributed by atoms with Crippen molar-refractivity contribution in [3.8, 4) is 16.9 Å². The van der Waals surface area contributed by atoms with Crippen LogP contribution >= 0.6 is 11.3 Å². The number of amides is 1. The lowest BCUT2D eigenvalue weighted by atomic mass is 10.1. The predicted octanol–water partition coefficient (Wildman–Crippen LogP) is 4.30. The maximum absolute atomic E-state index is 13.6. The minimum atomic E-state index is -0.194. The number of thiazole rings is 1. The number of rotatable bonds is 7. The van der Waals surface area contributed by atoms with Crippen LogP contribution < -0.4 is 10.9 Å². The fourth-order valence-electron chi connectivity index (χ4n) is 4.04. The SMILES string of the molecule is CCCCNC(=O)Cc1csc2nc(C)c(-c3cc(C)n(-c4ccc(C)cc4C)n3)c(=O)n12. The van der Waals surface area contributed by atoms with Gasteiger partial charge >= 0.3 is 0 Å². The summed E-state index contributed by atoms with van der Waals surface area (Å²) in [5, 5.41) is 9.54. The highest BCUT2D eigenvalue weighted by molar-refractivity contribution is 7.15. The minimum absolute atomic E-state index is 0.0906. The zero-order chi connectivity index (χ0) is 23.7. The number of aryl methyl sites for hydroxylation is 4. The highest BCUT2D eigenvalue weighted by Crippen LogP contribution is 2.25. The van der Waals surface area contributed by atoms with Gasteiger partial charge in [-0.25, -0.2) is 9.67 Å². The first-order chi connectivity index (χ1) is 15.8. The highest BCUT2D eigenvalue weighted by Gasteiger charge is 2.20. The lowest BCUT2D eigenvalue weighted by Crippen LogP contribution is -2.28. The molecule has 33 heavy (non-hydrogen) atoms. The number of hydrogen-bond acceptors (Lipinski definition) is 5. The number of benzene rings is 1. The van der Waals surface area contributed by atoms with Crippen LogP contribution in [0.3, 0.4) is 0 Å². The summed E-state index contributed by atoms with van der Waals surface area (Å²) in [5.41, 5.74) is 6.35. The van der Waals surface area contributed by atoms with E-state index in [1.165, 1.54) is 16.9 Å². The second-order valence-electron chi connectivity index (χ2n) is 8.48. The monoisotopic (exact) mass is 463 g/mol. The lowest BCUT2D eigenvalue weighted by molar-refractivity contribution is -0.120. The fourth-order valence-corrected chi connectivity index (χ4v) is 4.96. The van der Waals surface area contributed by atoms with E-state index in [9.17, 15) is 9.59 Å². The van der Waals surface area contributed by atoms with Crippen molar-refractivity contribution >= 4 is 22.2 Å². The van der Waals surface area contributed by atoms with E-state index >= 15 is 0 Å². The van der Waals surface area contributed by atoms with E-state index in [2.05, 4.69) is 43.2 Å². The molecule has 0 aliphatic heterocycles. The van der Waals surface area contributed by atoms with E-state index in [-0.39, 0.29) is 17.9 Å². The minimum Gasteiger partial charge on any atom is -0.356 e. The van der Waals surface area contributed by atoms with Gasteiger partial charge in [-0.3, -0.25) is 14.0 Å². The Bertz CT molecular complexity index is 1400. The molecule has 0 aliphatic rings. The molecule has 0 saturated heterocycles. The number of unbranched alkanes of at least 4 members (excludes halogenated alkanes) is 1. The molecule has 4 rings (SSSR count). The number of fused-ring (bicyclic) bond motifs is 1. The summed E-state index contributed by atoms with van der Waals surface area (Å²) in [5.74, 6) is -0.0906. The summed E-state index contributed by atoms with van der Waals surface area (Å²) in [7, 11) is 0. The van der Waals surface area contributed by atoms with Gasteiger partial charge in [0.15, 0.2) is 4.96 Å². The largest absolute Gasteiger partial charge is 0.356 e. The van der Waals surface area contributed by atoms with E-state index in [0.717, 1.165) is 29.8 Å². The number of nitrogens with one attached hydrogen (secondary N) is 1. The zero-order valence-electron chi connectivity index (χ0n) is 19.7. The Morgan fingerprint density at radius 3 is 2.67 bits per heavy atom. The molecule has 3 aromatic heterocycles. The van der Waals surface area contributed by atoms with E-state index in [4.69, 9.17) is 5.10 Å². The Labute approximate surface area is 197 Å². The normalized spacial score (nSPS) is 11.3. The smallest absolute Gasteiger partial charge is 0.268 e. The van der Waals surface area contributed by atoms with Crippen molar-refractivity contribution < 1.29 is 4.79 Å². The van der Waals surface area contributed by atoms with Gasteiger partial charge in [-0.2, -0.15) is 5.10 Å². The Morgan fingerprint density at radius 2 is 1.94 bits per heavy atom. The second kappa shape index (κ2) is 9.31. The topological polar surface area (TPSA) is 81.3 Å². The van der Waals surface area contributed by atoms with Gasteiger partial charge in [0.25, 0.3) is 5.56 Å². The maximum Gasteiger partial charge on any atom is 0.268 e. The molecule has 4 aromatic rings. The summed E-state index contributed by atoms with van der Waals surface area (Å²) in [6, 6.07) is 8.14. The Morgan fingerprint density at radius 1 is 1.15 bits per heavy atom. The summed E-state index contributed by atoms with van der Waals surface area (Å²) in [6.07, 6.45) is 2.09. The molecule has 172 valence electrons. The quantitative estimate of drug-likeness (QED) is 0.414. The van der Waals surface area contributed by atoms with Gasteiger partial charge in [0, 0.05) is 23.3 Å². The first kappa shape index (κ1) is 22.9. The summed E-state index contributed by atoms with van der Waals surface area (Å²) in [6.45, 7) is 10.6. The molecule has 7 nitrogen and oxygen atoms in total. The number of carbonyl (C=O) groups is 1. The first-order valence-electron chi connectivity index (χ1n) is 11.2. The molecule has 3 heterocycles. The lowest BCUT2D eigenvalue weighted by Gasteiger charge is -2.09. The third kappa shape index (κ3) is 4.48. The molecule has 0 bridgehead atoms. The third-order valence-electron chi connectivity index (χ3n) is 5.74. The van der Waals surface area contributed by atoms with Crippen LogP contribution in [0.15, 0.2) is 34.4 Å². The molecule has 0 unspecified atom stereocenters. The molecule has 1 N–H and O–H groups in total. The number of hydrogen-bond donors (Lipinski definition) is 1. The molecule has 1 amide bonds. The molecule has 0 fully saturated rings. The van der Waals surface area contributed by atoms with Crippen LogP contribution in [0.5, 0.6) is 0 Å². The van der Waals surface area contributed by atoms with Gasteiger partial charge < -0.3 is 5.32 Å². The average molecular weight is 464 g/mol. The van der Waals surface area contributed by atoms with Crippen molar-refractivity contribution in [1.29, 1.82) is 0 Å². The van der Waals surface area contributed by atoms with Gasteiger partial charge in [-0.05, 0) is 51.8 Å². The molecule has 0 aliphatic carbocycles. The van der Waals surface area contributed by atoms with Crippen molar-refractivity contribution in [3.05, 3.63) is 68.2 Å². The molecule has 0 atom stereocenters. The van der Waals surface area contributed by atoms with Crippen molar-refractivity contribution in [1.82, 2.24) is 24.5 Å². The Kier molecular flexibility index (Phi) is 6.47. The first-order valence-corrected chi connectivity index (χ1v) is 12.1. The van der Waals surface area contributed by atoms with E-state index in [1.54, 1.807) is 4.40 Å². The van der Waals surface area contributed by atoms with Crippen LogP contribution in [-0.4, -0.2) is 31.6 Å². The molecule has 1 aromatic carbocycles. The van der Waals surface area contributed by atoms with Crippen LogP contribution in [0, 0.1) is 27.7 Å². The Hall–Kier alpha value is -3.26. The summed E-state index contributed by atoms with van der Waals surface area (Å²) >= 11 is 1.37. The molecular weight excluding hydrogens is 434 g/mol. The third-order valence-corrected chi connectivity index (χ3v) is 6.61. The van der Waals surface area contributed by atoms with Crippen LogP contribution in [-0.2, 0) is 11.2 Å². The summed E-state index contributed by atoms with van der Waals surface area (Å²) < 4.78 is 3.42. The van der Waals surface area contributed by atoms with Crippen LogP contribution in [0.2, 0.25) is 0 Å². The van der Waals surface area contributed by atoms with Crippen LogP contribution in [0.1, 0.15) is 48.0 Å². The van der Waals surface area contributed by atoms with Crippen molar-refractivity contribution in [2.24, 2.45) is 0 Å². The van der Waals surface area contributed by atoms with Crippen molar-refractivity contribution in [2.75, 3.05) is 6.54 Å². The molecule has 0 saturated carbocycles. The summed E-state index contributed by atoms with van der Waals surface area (Å²) in [4.78, 5) is 31.2. The Balaban J connectivity index is 1.76. The molecule has 0 spiro atoms. The fraction of sp³-hybridized carbons (Fsp3) is 0.360. The highest BCUT2D eigenvalue weighted by atomic mass is 32.1. The van der Waals surface area contributed by atoms with E-state index in [1.807, 2.05) is 36.0 Å². The van der Waals surface area contributed by atoms with Gasteiger partial charge in [0.2, 0.25) is 5.91 Å². The van der Waals surface area contributed by atoms with Gasteiger partial charge in [-0.1, -0.05) is 31.0 Å². The predicted molar refractivity (Wildman–Crippen MR) is 132 cm³/mol. The standard InChI is InChI=1S/C25H29N5O2S/c1-6-7-10-26-22(31)13-19-14-33-25-27-18(5)23(24(32)29(19)25)20-12-17(4)30(28-20)21-9-8-15(2)11-16(21)3/h8-9,11-12,14H,6-7,10,13H2,1-5H3,(H,26,31). The molecule has 8 heteroatoms. The number of nitrogens with zero attached hydrogens (tertiary/aromatic N) is 4.